The average molecular weight is 308 g/mol. The van der Waals surface area contributed by atoms with Gasteiger partial charge in [0, 0.05) is 12.6 Å². The van der Waals surface area contributed by atoms with Crippen LogP contribution in [0.4, 0.5) is 0 Å². The number of unbranched alkanes of at least 4 members (excludes halogenated alkanes) is 1. The first-order valence-electron chi connectivity index (χ1n) is 8.46. The zero-order valence-corrected chi connectivity index (χ0v) is 14.6. The average Bonchev–Trinajstić information content (AvgIpc) is 2.56. The third-order valence-corrected chi connectivity index (χ3v) is 3.90. The van der Waals surface area contributed by atoms with Gasteiger partial charge in [0.25, 0.3) is 0 Å². The Kier molecular flexibility index (Phi) is 8.94. The second-order valence-electron chi connectivity index (χ2n) is 5.49. The van der Waals surface area contributed by atoms with E-state index < -0.39 is 0 Å². The van der Waals surface area contributed by atoms with Gasteiger partial charge in [-0.05, 0) is 43.6 Å². The van der Waals surface area contributed by atoms with E-state index in [1.165, 1.54) is 18.4 Å². The molecule has 0 aliphatic rings. The Hall–Kier alpha value is -1.26. The molecule has 1 rings (SSSR count). The van der Waals surface area contributed by atoms with Crippen LogP contribution in [0.25, 0.3) is 0 Å². The molecule has 0 amide bonds. The number of benzene rings is 1. The number of methoxy groups -OCH3 is 1. The Bertz CT molecular complexity index is 424. The minimum atomic E-state index is 0.228. The molecule has 0 fully saturated rings. The molecule has 4 nitrogen and oxygen atoms in total. The van der Waals surface area contributed by atoms with E-state index in [2.05, 4.69) is 37.8 Å². The molecule has 1 aromatic rings. The lowest BCUT2D eigenvalue weighted by atomic mass is 10.0. The molecule has 126 valence electrons. The highest BCUT2D eigenvalue weighted by atomic mass is 16.5. The molecule has 0 aromatic heterocycles. The molecule has 0 aliphatic heterocycles. The summed E-state index contributed by atoms with van der Waals surface area (Å²) in [6.45, 7) is 9.89. The molecule has 1 unspecified atom stereocenters. The van der Waals surface area contributed by atoms with Gasteiger partial charge in [0.15, 0.2) is 11.5 Å². The molecular weight excluding hydrogens is 276 g/mol. The Labute approximate surface area is 135 Å². The maximum absolute atomic E-state index is 6.06. The highest BCUT2D eigenvalue weighted by Crippen LogP contribution is 2.32. The summed E-state index contributed by atoms with van der Waals surface area (Å²) in [6, 6.07) is 6.40. The van der Waals surface area contributed by atoms with Crippen LogP contribution >= 0.6 is 0 Å². The molecule has 2 N–H and O–H groups in total. The van der Waals surface area contributed by atoms with Gasteiger partial charge in [-0.3, -0.25) is 4.90 Å². The maximum Gasteiger partial charge on any atom is 0.161 e. The lowest BCUT2D eigenvalue weighted by molar-refractivity contribution is 0.208. The normalized spacial score (nSPS) is 12.5. The van der Waals surface area contributed by atoms with Gasteiger partial charge in [-0.25, -0.2) is 0 Å². The van der Waals surface area contributed by atoms with Crippen LogP contribution in [0.5, 0.6) is 11.5 Å². The van der Waals surface area contributed by atoms with E-state index in [0.717, 1.165) is 31.0 Å². The Morgan fingerprint density at radius 1 is 1.14 bits per heavy atom. The topological polar surface area (TPSA) is 47.7 Å². The van der Waals surface area contributed by atoms with Crippen molar-refractivity contribution >= 4 is 0 Å². The quantitative estimate of drug-likeness (QED) is 0.678. The second kappa shape index (κ2) is 10.5. The van der Waals surface area contributed by atoms with Crippen LogP contribution in [-0.4, -0.2) is 38.3 Å². The van der Waals surface area contributed by atoms with Crippen LogP contribution in [0.3, 0.4) is 0 Å². The van der Waals surface area contributed by atoms with Crippen molar-refractivity contribution in [3.63, 3.8) is 0 Å². The van der Waals surface area contributed by atoms with Gasteiger partial charge in [-0.15, -0.1) is 0 Å². The molecule has 1 atom stereocenters. The number of hydrogen-bond acceptors (Lipinski definition) is 4. The lowest BCUT2D eigenvalue weighted by Gasteiger charge is -2.30. The van der Waals surface area contributed by atoms with Crippen LogP contribution in [0.1, 0.15) is 51.6 Å². The summed E-state index contributed by atoms with van der Waals surface area (Å²) in [7, 11) is 1.67. The summed E-state index contributed by atoms with van der Waals surface area (Å²) in [4.78, 5) is 2.44. The SMILES string of the molecule is CCCCN(CC)C(CN)c1ccc(OC)c(OCCC)c1. The number of likely N-dealkylation sites (N-methyl/N-ethyl adjacent to an activating group) is 1. The van der Waals surface area contributed by atoms with E-state index in [-0.39, 0.29) is 6.04 Å². The molecule has 0 saturated heterocycles. The highest BCUT2D eigenvalue weighted by Gasteiger charge is 2.19. The van der Waals surface area contributed by atoms with Crippen LogP contribution in [0.2, 0.25) is 0 Å². The fourth-order valence-electron chi connectivity index (χ4n) is 2.62. The van der Waals surface area contributed by atoms with Gasteiger partial charge in [0.05, 0.1) is 13.7 Å². The van der Waals surface area contributed by atoms with Gasteiger partial charge in [0.2, 0.25) is 0 Å². The molecule has 4 heteroatoms. The van der Waals surface area contributed by atoms with Crippen molar-refractivity contribution in [3.05, 3.63) is 23.8 Å². The standard InChI is InChI=1S/C18H32N2O2/c1-5-8-11-20(7-3)16(14-19)15-9-10-17(21-4)18(13-15)22-12-6-2/h9-10,13,16H,5-8,11-12,14,19H2,1-4H3. The second-order valence-corrected chi connectivity index (χ2v) is 5.49. The number of hydrogen-bond donors (Lipinski definition) is 1. The van der Waals surface area contributed by atoms with E-state index in [9.17, 15) is 0 Å². The van der Waals surface area contributed by atoms with E-state index >= 15 is 0 Å². The number of ether oxygens (including phenoxy) is 2. The van der Waals surface area contributed by atoms with Crippen molar-refractivity contribution in [1.29, 1.82) is 0 Å². The summed E-state index contributed by atoms with van der Waals surface area (Å²) in [6.07, 6.45) is 3.37. The van der Waals surface area contributed by atoms with E-state index in [1.807, 2.05) is 6.07 Å². The predicted molar refractivity (Wildman–Crippen MR) is 92.7 cm³/mol. The van der Waals surface area contributed by atoms with Crippen molar-refractivity contribution in [2.24, 2.45) is 5.73 Å². The van der Waals surface area contributed by atoms with Crippen LogP contribution in [0.15, 0.2) is 18.2 Å². The Balaban J connectivity index is 2.99. The first-order chi connectivity index (χ1) is 10.7. The fraction of sp³-hybridized carbons (Fsp3) is 0.667. The molecule has 0 aliphatic carbocycles. The third-order valence-electron chi connectivity index (χ3n) is 3.90. The first kappa shape index (κ1) is 18.8. The smallest absolute Gasteiger partial charge is 0.161 e. The maximum atomic E-state index is 6.06. The highest BCUT2D eigenvalue weighted by molar-refractivity contribution is 5.44. The third kappa shape index (κ3) is 5.18. The number of nitrogens with two attached hydrogens (primary N) is 1. The van der Waals surface area contributed by atoms with Gasteiger partial charge in [0.1, 0.15) is 0 Å². The van der Waals surface area contributed by atoms with Gasteiger partial charge in [-0.2, -0.15) is 0 Å². The molecule has 0 saturated carbocycles. The van der Waals surface area contributed by atoms with Gasteiger partial charge in [-0.1, -0.05) is 33.3 Å². The summed E-state index contributed by atoms with van der Waals surface area (Å²) >= 11 is 0. The zero-order chi connectivity index (χ0) is 16.4. The van der Waals surface area contributed by atoms with E-state index in [1.54, 1.807) is 7.11 Å². The molecule has 0 heterocycles. The van der Waals surface area contributed by atoms with Crippen molar-refractivity contribution in [2.45, 2.75) is 46.1 Å². The minimum Gasteiger partial charge on any atom is -0.493 e. The molecular formula is C18H32N2O2. The Morgan fingerprint density at radius 2 is 1.91 bits per heavy atom. The van der Waals surface area contributed by atoms with Crippen molar-refractivity contribution < 1.29 is 9.47 Å². The number of nitrogens with zero attached hydrogens (tertiary/aromatic N) is 1. The van der Waals surface area contributed by atoms with Crippen molar-refractivity contribution in [2.75, 3.05) is 33.4 Å². The molecule has 0 radical (unpaired) electrons. The lowest BCUT2D eigenvalue weighted by Crippen LogP contribution is -2.34. The van der Waals surface area contributed by atoms with Crippen LogP contribution in [-0.2, 0) is 0 Å². The summed E-state index contributed by atoms with van der Waals surface area (Å²) in [5, 5.41) is 0. The predicted octanol–water partition coefficient (Wildman–Crippen LogP) is 3.61. The summed E-state index contributed by atoms with van der Waals surface area (Å²) in [5.74, 6) is 1.59. The number of rotatable bonds is 11. The monoisotopic (exact) mass is 308 g/mol. The molecule has 1 aromatic carbocycles. The molecule has 0 bridgehead atoms. The zero-order valence-electron chi connectivity index (χ0n) is 14.6. The largest absolute Gasteiger partial charge is 0.493 e. The molecule has 0 spiro atoms. The van der Waals surface area contributed by atoms with Crippen molar-refractivity contribution in [3.8, 4) is 11.5 Å². The van der Waals surface area contributed by atoms with Crippen LogP contribution in [0, 0.1) is 0 Å². The van der Waals surface area contributed by atoms with E-state index in [0.29, 0.717) is 13.2 Å². The van der Waals surface area contributed by atoms with Crippen LogP contribution < -0.4 is 15.2 Å². The minimum absolute atomic E-state index is 0.228. The Morgan fingerprint density at radius 3 is 2.45 bits per heavy atom. The van der Waals surface area contributed by atoms with E-state index in [4.69, 9.17) is 15.2 Å². The first-order valence-corrected chi connectivity index (χ1v) is 8.46. The summed E-state index contributed by atoms with van der Waals surface area (Å²) in [5.41, 5.74) is 7.26. The fourth-order valence-corrected chi connectivity index (χ4v) is 2.62. The van der Waals surface area contributed by atoms with Gasteiger partial charge >= 0.3 is 0 Å². The molecule has 22 heavy (non-hydrogen) atoms. The van der Waals surface area contributed by atoms with Gasteiger partial charge < -0.3 is 15.2 Å². The van der Waals surface area contributed by atoms with Crippen molar-refractivity contribution in [1.82, 2.24) is 4.90 Å². The summed E-state index contributed by atoms with van der Waals surface area (Å²) < 4.78 is 11.2.